The first-order valence-corrected chi connectivity index (χ1v) is 10.00. The molecule has 148 valence electrons. The molecular weight excluding hydrogens is 360 g/mol. The van der Waals surface area contributed by atoms with E-state index in [1.54, 1.807) is 0 Å². The number of benzene rings is 3. The molecule has 0 aliphatic carbocycles. The van der Waals surface area contributed by atoms with E-state index in [1.807, 2.05) is 86.6 Å². The van der Waals surface area contributed by atoms with E-state index in [1.165, 1.54) is 0 Å². The van der Waals surface area contributed by atoms with Crippen LogP contribution in [0.5, 0.6) is 5.75 Å². The molecule has 0 radical (unpaired) electrons. The van der Waals surface area contributed by atoms with Crippen molar-refractivity contribution >= 4 is 11.1 Å². The summed E-state index contributed by atoms with van der Waals surface area (Å²) in [5.41, 5.74) is 3.42. The molecule has 1 N–H and O–H groups in total. The Morgan fingerprint density at radius 3 is 2.17 bits per heavy atom. The SMILES string of the molecule is CC(C)Oc1cccc([C@]2(O)COCC(c3ccccc3)=C2c2ccccc2)c1. The number of hydrogen-bond donors (Lipinski definition) is 1. The van der Waals surface area contributed by atoms with Crippen LogP contribution >= 0.6 is 0 Å². The van der Waals surface area contributed by atoms with Crippen LogP contribution in [0.3, 0.4) is 0 Å². The summed E-state index contributed by atoms with van der Waals surface area (Å²) < 4.78 is 11.8. The molecule has 3 heteroatoms. The Morgan fingerprint density at radius 2 is 1.52 bits per heavy atom. The Labute approximate surface area is 172 Å². The topological polar surface area (TPSA) is 38.7 Å². The third-order valence-corrected chi connectivity index (χ3v) is 5.14. The van der Waals surface area contributed by atoms with Gasteiger partial charge in [-0.3, -0.25) is 0 Å². The highest BCUT2D eigenvalue weighted by Gasteiger charge is 2.40. The highest BCUT2D eigenvalue weighted by atomic mass is 16.5. The molecule has 0 saturated heterocycles. The van der Waals surface area contributed by atoms with E-state index in [4.69, 9.17) is 9.47 Å². The first kappa shape index (κ1) is 19.4. The van der Waals surface area contributed by atoms with Gasteiger partial charge >= 0.3 is 0 Å². The van der Waals surface area contributed by atoms with Crippen molar-refractivity contribution in [2.24, 2.45) is 0 Å². The van der Waals surface area contributed by atoms with Gasteiger partial charge in [0.25, 0.3) is 0 Å². The van der Waals surface area contributed by atoms with Gasteiger partial charge in [-0.25, -0.2) is 0 Å². The van der Waals surface area contributed by atoms with Crippen molar-refractivity contribution in [1.82, 2.24) is 0 Å². The van der Waals surface area contributed by atoms with Gasteiger partial charge in [-0.15, -0.1) is 0 Å². The van der Waals surface area contributed by atoms with E-state index < -0.39 is 5.60 Å². The number of rotatable bonds is 5. The molecule has 0 bridgehead atoms. The standard InChI is InChI=1S/C26H26O3/c1-19(2)29-23-15-9-14-22(16-23)26(27)18-28-17-24(20-10-5-3-6-11-20)25(26)21-12-7-4-8-13-21/h3-16,19,27H,17-18H2,1-2H3/t26-/m1/s1. The molecule has 0 amide bonds. The summed E-state index contributed by atoms with van der Waals surface area (Å²) in [4.78, 5) is 0. The van der Waals surface area contributed by atoms with Gasteiger partial charge in [-0.1, -0.05) is 72.8 Å². The van der Waals surface area contributed by atoms with Crippen LogP contribution in [0, 0.1) is 0 Å². The van der Waals surface area contributed by atoms with Crippen LogP contribution in [0.2, 0.25) is 0 Å². The molecule has 29 heavy (non-hydrogen) atoms. The summed E-state index contributed by atoms with van der Waals surface area (Å²) >= 11 is 0. The molecule has 3 nitrogen and oxygen atoms in total. The maximum atomic E-state index is 12.0. The molecule has 4 rings (SSSR count). The number of ether oxygens (including phenoxy) is 2. The molecule has 0 saturated carbocycles. The molecule has 3 aromatic carbocycles. The minimum Gasteiger partial charge on any atom is -0.491 e. The minimum atomic E-state index is -1.28. The van der Waals surface area contributed by atoms with E-state index in [2.05, 4.69) is 12.1 Å². The molecule has 1 heterocycles. The fourth-order valence-electron chi connectivity index (χ4n) is 3.91. The quantitative estimate of drug-likeness (QED) is 0.646. The molecule has 0 aromatic heterocycles. The van der Waals surface area contributed by atoms with Crippen molar-refractivity contribution in [2.75, 3.05) is 13.2 Å². The smallest absolute Gasteiger partial charge is 0.139 e. The average Bonchev–Trinajstić information content (AvgIpc) is 2.74. The van der Waals surface area contributed by atoms with Gasteiger partial charge in [-0.2, -0.15) is 0 Å². The lowest BCUT2D eigenvalue weighted by molar-refractivity contribution is -0.00749. The van der Waals surface area contributed by atoms with E-state index in [-0.39, 0.29) is 12.7 Å². The monoisotopic (exact) mass is 386 g/mol. The normalized spacial score (nSPS) is 19.4. The lowest BCUT2D eigenvalue weighted by atomic mass is 9.77. The van der Waals surface area contributed by atoms with E-state index in [0.29, 0.717) is 6.61 Å². The predicted molar refractivity (Wildman–Crippen MR) is 117 cm³/mol. The second-order valence-electron chi connectivity index (χ2n) is 7.63. The van der Waals surface area contributed by atoms with Crippen LogP contribution in [0.1, 0.15) is 30.5 Å². The first-order chi connectivity index (χ1) is 14.1. The van der Waals surface area contributed by atoms with Crippen LogP contribution in [-0.2, 0) is 10.3 Å². The summed E-state index contributed by atoms with van der Waals surface area (Å²) in [5.74, 6) is 0.741. The lowest BCUT2D eigenvalue weighted by Gasteiger charge is -2.38. The maximum Gasteiger partial charge on any atom is 0.139 e. The molecule has 1 atom stereocenters. The second-order valence-corrected chi connectivity index (χ2v) is 7.63. The Balaban J connectivity index is 1.91. The van der Waals surface area contributed by atoms with Crippen LogP contribution in [0.25, 0.3) is 11.1 Å². The van der Waals surface area contributed by atoms with Gasteiger partial charge in [0.2, 0.25) is 0 Å². The summed E-state index contributed by atoms with van der Waals surface area (Å²) in [5, 5.41) is 12.0. The summed E-state index contributed by atoms with van der Waals surface area (Å²) in [7, 11) is 0. The zero-order valence-electron chi connectivity index (χ0n) is 16.8. The molecular formula is C26H26O3. The largest absolute Gasteiger partial charge is 0.491 e. The second kappa shape index (κ2) is 8.24. The number of hydrogen-bond acceptors (Lipinski definition) is 3. The van der Waals surface area contributed by atoms with Gasteiger partial charge in [0.1, 0.15) is 11.4 Å². The van der Waals surface area contributed by atoms with Crippen molar-refractivity contribution < 1.29 is 14.6 Å². The van der Waals surface area contributed by atoms with E-state index in [9.17, 15) is 5.11 Å². The van der Waals surface area contributed by atoms with Gasteiger partial charge in [-0.05, 0) is 48.2 Å². The van der Waals surface area contributed by atoms with Crippen LogP contribution in [0.4, 0.5) is 0 Å². The zero-order valence-corrected chi connectivity index (χ0v) is 16.8. The van der Waals surface area contributed by atoms with Crippen molar-refractivity contribution in [3.8, 4) is 5.75 Å². The summed E-state index contributed by atoms with van der Waals surface area (Å²) in [6.45, 7) is 4.64. The highest BCUT2D eigenvalue weighted by molar-refractivity contribution is 5.96. The summed E-state index contributed by atoms with van der Waals surface area (Å²) in [6, 6.07) is 27.9. The zero-order chi connectivity index (χ0) is 20.3. The van der Waals surface area contributed by atoms with Crippen LogP contribution in [-0.4, -0.2) is 24.4 Å². The molecule has 0 spiro atoms. The van der Waals surface area contributed by atoms with Gasteiger partial charge in [0.15, 0.2) is 0 Å². The fraction of sp³-hybridized carbons (Fsp3) is 0.231. The Bertz CT molecular complexity index is 993. The van der Waals surface area contributed by atoms with Gasteiger partial charge in [0, 0.05) is 5.57 Å². The first-order valence-electron chi connectivity index (χ1n) is 10.00. The molecule has 1 aliphatic rings. The van der Waals surface area contributed by atoms with Crippen molar-refractivity contribution in [2.45, 2.75) is 25.6 Å². The third kappa shape index (κ3) is 3.98. The molecule has 0 fully saturated rings. The maximum absolute atomic E-state index is 12.0. The van der Waals surface area contributed by atoms with Crippen molar-refractivity contribution in [1.29, 1.82) is 0 Å². The Kier molecular flexibility index (Phi) is 5.52. The van der Waals surface area contributed by atoms with Crippen molar-refractivity contribution in [3.63, 3.8) is 0 Å². The van der Waals surface area contributed by atoms with Crippen LogP contribution in [0.15, 0.2) is 84.9 Å². The molecule has 3 aromatic rings. The van der Waals surface area contributed by atoms with Gasteiger partial charge in [0.05, 0.1) is 19.3 Å². The number of aliphatic hydroxyl groups is 1. The Hall–Kier alpha value is -2.88. The lowest BCUT2D eigenvalue weighted by Crippen LogP contribution is -2.37. The third-order valence-electron chi connectivity index (χ3n) is 5.14. The Morgan fingerprint density at radius 1 is 0.862 bits per heavy atom. The highest BCUT2D eigenvalue weighted by Crippen LogP contribution is 2.45. The van der Waals surface area contributed by atoms with E-state index >= 15 is 0 Å². The minimum absolute atomic E-state index is 0.0616. The molecule has 0 unspecified atom stereocenters. The fourth-order valence-corrected chi connectivity index (χ4v) is 3.91. The van der Waals surface area contributed by atoms with Gasteiger partial charge < -0.3 is 14.6 Å². The summed E-state index contributed by atoms with van der Waals surface area (Å²) in [6.07, 6.45) is 0.0616. The predicted octanol–water partition coefficient (Wildman–Crippen LogP) is 5.30. The van der Waals surface area contributed by atoms with Crippen LogP contribution < -0.4 is 4.74 Å². The average molecular weight is 386 g/mol. The molecule has 1 aliphatic heterocycles. The van der Waals surface area contributed by atoms with Crippen molar-refractivity contribution in [3.05, 3.63) is 102 Å². The van der Waals surface area contributed by atoms with E-state index in [0.717, 1.165) is 33.6 Å².